The summed E-state index contributed by atoms with van der Waals surface area (Å²) < 4.78 is 5.59. The topological polar surface area (TPSA) is 68.4 Å². The minimum absolute atomic E-state index is 0.110. The first-order valence-electron chi connectivity index (χ1n) is 12.9. The summed E-state index contributed by atoms with van der Waals surface area (Å²) in [6, 6.07) is 19.6. The molecule has 1 N–H and O–H groups in total. The zero-order chi connectivity index (χ0) is 25.8. The highest BCUT2D eigenvalue weighted by Gasteiger charge is 2.24. The van der Waals surface area contributed by atoms with E-state index in [0.29, 0.717) is 32.7 Å². The van der Waals surface area contributed by atoms with Gasteiger partial charge < -0.3 is 24.8 Å². The number of nitrogens with one attached hydrogen (secondary N) is 1. The molecule has 8 nitrogen and oxygen atoms in total. The molecule has 3 aromatic rings. The maximum atomic E-state index is 13.0. The van der Waals surface area contributed by atoms with E-state index in [1.807, 2.05) is 65.6 Å². The molecule has 8 heteroatoms. The molecule has 3 aromatic carbocycles. The highest BCUT2D eigenvalue weighted by molar-refractivity contribution is 6.01. The highest BCUT2D eigenvalue weighted by Crippen LogP contribution is 2.32. The third-order valence-electron chi connectivity index (χ3n) is 7.37. The van der Waals surface area contributed by atoms with E-state index in [1.54, 1.807) is 7.11 Å². The van der Waals surface area contributed by atoms with Crippen molar-refractivity contribution in [1.82, 2.24) is 14.7 Å². The number of piperazine rings is 2. The monoisotopic (exact) mass is 501 g/mol. The van der Waals surface area contributed by atoms with Gasteiger partial charge in [0.25, 0.3) is 0 Å². The number of urea groups is 1. The maximum absolute atomic E-state index is 13.0. The predicted octanol–water partition coefficient (Wildman–Crippen LogP) is 3.63. The quantitative estimate of drug-likeness (QED) is 0.521. The number of methoxy groups -OCH3 is 1. The van der Waals surface area contributed by atoms with Gasteiger partial charge in [-0.3, -0.25) is 9.69 Å². The van der Waals surface area contributed by atoms with Gasteiger partial charge in [0.15, 0.2) is 5.78 Å². The minimum atomic E-state index is -0.116. The molecule has 0 radical (unpaired) electrons. The maximum Gasteiger partial charge on any atom is 0.321 e. The lowest BCUT2D eigenvalue weighted by Crippen LogP contribution is -2.51. The van der Waals surface area contributed by atoms with Crippen LogP contribution in [0.4, 0.5) is 16.2 Å². The van der Waals surface area contributed by atoms with Crippen LogP contribution in [-0.2, 0) is 0 Å². The smallest absolute Gasteiger partial charge is 0.321 e. The second-order valence-corrected chi connectivity index (χ2v) is 9.86. The van der Waals surface area contributed by atoms with Crippen LogP contribution in [0.25, 0.3) is 10.8 Å². The predicted molar refractivity (Wildman–Crippen MR) is 148 cm³/mol. The van der Waals surface area contributed by atoms with Gasteiger partial charge >= 0.3 is 6.03 Å². The van der Waals surface area contributed by atoms with Crippen LogP contribution in [0.5, 0.6) is 5.75 Å². The second kappa shape index (κ2) is 11.2. The number of ketones is 1. The number of nitrogens with zero attached hydrogens (tertiary/aromatic N) is 4. The lowest BCUT2D eigenvalue weighted by atomic mass is 10.0. The number of hydrogen-bond donors (Lipinski definition) is 1. The summed E-state index contributed by atoms with van der Waals surface area (Å²) in [7, 11) is 3.81. The van der Waals surface area contributed by atoms with Crippen LogP contribution in [0.15, 0.2) is 60.7 Å². The summed E-state index contributed by atoms with van der Waals surface area (Å²) in [6.45, 7) is 6.69. The summed E-state index contributed by atoms with van der Waals surface area (Å²) in [5.41, 5.74) is 2.49. The molecular formula is C29H35N5O3. The van der Waals surface area contributed by atoms with Crippen molar-refractivity contribution in [2.24, 2.45) is 0 Å². The van der Waals surface area contributed by atoms with Crippen LogP contribution in [0.1, 0.15) is 10.4 Å². The van der Waals surface area contributed by atoms with Crippen molar-refractivity contribution in [3.8, 4) is 5.75 Å². The number of hydrogen-bond acceptors (Lipinski definition) is 6. The van der Waals surface area contributed by atoms with Crippen molar-refractivity contribution < 1.29 is 14.3 Å². The Hall–Kier alpha value is -3.62. The van der Waals surface area contributed by atoms with Crippen LogP contribution in [0, 0.1) is 0 Å². The molecule has 5 rings (SSSR count). The molecule has 194 valence electrons. The van der Waals surface area contributed by atoms with Crippen LogP contribution >= 0.6 is 0 Å². The summed E-state index contributed by atoms with van der Waals surface area (Å²) in [5, 5.41) is 5.26. The number of carbonyl (C=O) groups excluding carboxylic acids is 2. The highest BCUT2D eigenvalue weighted by atomic mass is 16.5. The molecule has 37 heavy (non-hydrogen) atoms. The number of fused-ring (bicyclic) bond motifs is 1. The zero-order valence-corrected chi connectivity index (χ0v) is 21.7. The summed E-state index contributed by atoms with van der Waals surface area (Å²) in [5.74, 6) is 0.922. The van der Waals surface area contributed by atoms with Crippen LogP contribution in [0.2, 0.25) is 0 Å². The molecule has 2 fully saturated rings. The number of ether oxygens (including phenoxy) is 1. The molecule has 2 aliphatic rings. The largest absolute Gasteiger partial charge is 0.495 e. The Labute approximate surface area is 218 Å². The third kappa shape index (κ3) is 5.87. The first-order valence-corrected chi connectivity index (χ1v) is 12.9. The normalized spacial score (nSPS) is 17.1. The molecule has 0 saturated carbocycles. The average Bonchev–Trinajstić information content (AvgIpc) is 2.93. The molecule has 0 unspecified atom stereocenters. The van der Waals surface area contributed by atoms with Gasteiger partial charge in [-0.15, -0.1) is 0 Å². The number of likely N-dealkylation sites (N-methyl/N-ethyl adjacent to an activating group) is 1. The van der Waals surface area contributed by atoms with Gasteiger partial charge in [0.1, 0.15) is 5.75 Å². The first kappa shape index (κ1) is 25.0. The molecule has 0 aliphatic carbocycles. The Kier molecular flexibility index (Phi) is 7.58. The van der Waals surface area contributed by atoms with Crippen molar-refractivity contribution in [3.63, 3.8) is 0 Å². The van der Waals surface area contributed by atoms with Gasteiger partial charge in [-0.25, -0.2) is 4.79 Å². The standard InChI is InChI=1S/C29H35N5O3/c1-31-11-15-33(16-12-31)26-20-25(9-10-28(26)37-2)30-29(36)34-17-13-32(14-18-34)21-27(35)24-8-7-22-5-3-4-6-23(22)19-24/h3-10,19-20H,11-18,21H2,1-2H3,(H,30,36). The summed E-state index contributed by atoms with van der Waals surface area (Å²) in [6.07, 6.45) is 0. The Morgan fingerprint density at radius 2 is 1.57 bits per heavy atom. The molecule has 0 aromatic heterocycles. The Morgan fingerprint density at radius 3 is 2.30 bits per heavy atom. The zero-order valence-electron chi connectivity index (χ0n) is 21.7. The fraction of sp³-hybridized carbons (Fsp3) is 0.379. The SMILES string of the molecule is COc1ccc(NC(=O)N2CCN(CC(=O)c3ccc4ccccc4c3)CC2)cc1N1CCN(C)CC1. The number of amides is 2. The van der Waals surface area contributed by atoms with Gasteiger partial charge in [0, 0.05) is 63.6 Å². The Balaban J connectivity index is 1.15. The summed E-state index contributed by atoms with van der Waals surface area (Å²) in [4.78, 5) is 34.5. The molecule has 2 aliphatic heterocycles. The number of rotatable bonds is 6. The van der Waals surface area contributed by atoms with E-state index in [2.05, 4.69) is 27.1 Å². The molecular weight excluding hydrogens is 466 g/mol. The minimum Gasteiger partial charge on any atom is -0.495 e. The third-order valence-corrected chi connectivity index (χ3v) is 7.37. The van der Waals surface area contributed by atoms with E-state index < -0.39 is 0 Å². The Bertz CT molecular complexity index is 1260. The van der Waals surface area contributed by atoms with E-state index in [0.717, 1.165) is 59.6 Å². The molecule has 2 heterocycles. The number of Topliss-reactive ketones (excluding diaryl/α,β-unsaturated/α-hetero) is 1. The van der Waals surface area contributed by atoms with Gasteiger partial charge in [-0.2, -0.15) is 0 Å². The number of anilines is 2. The van der Waals surface area contributed by atoms with Gasteiger partial charge in [-0.05, 0) is 42.1 Å². The fourth-order valence-corrected chi connectivity index (χ4v) is 5.03. The van der Waals surface area contributed by atoms with E-state index in [4.69, 9.17) is 4.74 Å². The van der Waals surface area contributed by atoms with Gasteiger partial charge in [0.05, 0.1) is 19.3 Å². The van der Waals surface area contributed by atoms with Crippen molar-refractivity contribution in [2.45, 2.75) is 0 Å². The molecule has 0 bridgehead atoms. The van der Waals surface area contributed by atoms with Gasteiger partial charge in [-0.1, -0.05) is 36.4 Å². The number of benzene rings is 3. The van der Waals surface area contributed by atoms with Crippen LogP contribution in [-0.4, -0.2) is 99.6 Å². The van der Waals surface area contributed by atoms with Crippen LogP contribution in [0.3, 0.4) is 0 Å². The fourth-order valence-electron chi connectivity index (χ4n) is 5.03. The molecule has 0 spiro atoms. The van der Waals surface area contributed by atoms with E-state index in [-0.39, 0.29) is 11.8 Å². The van der Waals surface area contributed by atoms with Gasteiger partial charge in [0.2, 0.25) is 0 Å². The van der Waals surface area contributed by atoms with Crippen molar-refractivity contribution in [3.05, 3.63) is 66.2 Å². The van der Waals surface area contributed by atoms with E-state index in [1.165, 1.54) is 0 Å². The van der Waals surface area contributed by atoms with Crippen molar-refractivity contribution in [1.29, 1.82) is 0 Å². The second-order valence-electron chi connectivity index (χ2n) is 9.86. The Morgan fingerprint density at radius 1 is 0.838 bits per heavy atom. The lowest BCUT2D eigenvalue weighted by Gasteiger charge is -2.35. The first-order chi connectivity index (χ1) is 18.0. The molecule has 2 amide bonds. The number of carbonyl (C=O) groups is 2. The van der Waals surface area contributed by atoms with Crippen molar-refractivity contribution >= 4 is 34.0 Å². The molecule has 0 atom stereocenters. The van der Waals surface area contributed by atoms with E-state index >= 15 is 0 Å². The molecule has 2 saturated heterocycles. The van der Waals surface area contributed by atoms with E-state index in [9.17, 15) is 9.59 Å². The van der Waals surface area contributed by atoms with Crippen molar-refractivity contribution in [2.75, 3.05) is 83.3 Å². The lowest BCUT2D eigenvalue weighted by molar-refractivity contribution is 0.0884. The van der Waals surface area contributed by atoms with Crippen LogP contribution < -0.4 is 15.0 Å². The average molecular weight is 502 g/mol. The summed E-state index contributed by atoms with van der Waals surface area (Å²) >= 11 is 0.